The van der Waals surface area contributed by atoms with E-state index >= 15 is 0 Å². The summed E-state index contributed by atoms with van der Waals surface area (Å²) in [5.74, 6) is 1.65. The lowest BCUT2D eigenvalue weighted by atomic mass is 10.1. The quantitative estimate of drug-likeness (QED) is 0.828. The van der Waals surface area contributed by atoms with E-state index in [9.17, 15) is 0 Å². The van der Waals surface area contributed by atoms with Crippen LogP contribution in [0.2, 0.25) is 5.02 Å². The molecule has 112 valence electrons. The van der Waals surface area contributed by atoms with Gasteiger partial charge in [-0.15, -0.1) is 0 Å². The Hall–Kier alpha value is -0.800. The van der Waals surface area contributed by atoms with Crippen LogP contribution in [0.4, 0.5) is 5.82 Å². The van der Waals surface area contributed by atoms with Crippen molar-refractivity contribution in [3.63, 3.8) is 0 Å². The Labute approximate surface area is 127 Å². The standard InChI is InChI=1S/C16H26ClN3/c1-11(2)10-20(12(3)4)16-7-13(15(17)9-19-16)8-18-14-5-6-14/h7,9,11-12,14,18H,5-6,8,10H2,1-4H3. The van der Waals surface area contributed by atoms with E-state index in [1.807, 2.05) is 0 Å². The van der Waals surface area contributed by atoms with Gasteiger partial charge in [0, 0.05) is 31.4 Å². The van der Waals surface area contributed by atoms with Crippen molar-refractivity contribution in [3.8, 4) is 0 Å². The second kappa shape index (κ2) is 6.77. The zero-order valence-electron chi connectivity index (χ0n) is 13.0. The molecule has 0 aliphatic heterocycles. The van der Waals surface area contributed by atoms with E-state index in [-0.39, 0.29) is 0 Å². The third-order valence-electron chi connectivity index (χ3n) is 3.56. The fourth-order valence-corrected chi connectivity index (χ4v) is 2.43. The second-order valence-corrected chi connectivity index (χ2v) is 6.84. The Balaban J connectivity index is 2.13. The van der Waals surface area contributed by atoms with Crippen molar-refractivity contribution in [1.29, 1.82) is 0 Å². The number of rotatable bonds is 7. The first kappa shape index (κ1) is 15.6. The number of hydrogen-bond acceptors (Lipinski definition) is 3. The van der Waals surface area contributed by atoms with Crippen molar-refractivity contribution in [3.05, 3.63) is 22.8 Å². The van der Waals surface area contributed by atoms with Gasteiger partial charge in [-0.05, 0) is 44.2 Å². The van der Waals surface area contributed by atoms with Gasteiger partial charge in [0.2, 0.25) is 0 Å². The Bertz CT molecular complexity index is 441. The van der Waals surface area contributed by atoms with Crippen LogP contribution in [0.1, 0.15) is 46.1 Å². The molecule has 1 aromatic rings. The maximum absolute atomic E-state index is 6.27. The molecule has 0 atom stereocenters. The molecule has 1 saturated carbocycles. The molecular weight excluding hydrogens is 270 g/mol. The first-order chi connectivity index (χ1) is 9.47. The van der Waals surface area contributed by atoms with Gasteiger partial charge in [0.05, 0.1) is 5.02 Å². The third-order valence-corrected chi connectivity index (χ3v) is 3.90. The van der Waals surface area contributed by atoms with E-state index in [0.717, 1.165) is 29.5 Å². The minimum absolute atomic E-state index is 0.440. The molecule has 1 aliphatic carbocycles. The average Bonchev–Trinajstić information content (AvgIpc) is 3.19. The lowest BCUT2D eigenvalue weighted by Crippen LogP contribution is -2.35. The number of anilines is 1. The van der Waals surface area contributed by atoms with Crippen LogP contribution in [-0.4, -0.2) is 23.6 Å². The fourth-order valence-electron chi connectivity index (χ4n) is 2.26. The Morgan fingerprint density at radius 3 is 2.60 bits per heavy atom. The Morgan fingerprint density at radius 2 is 2.05 bits per heavy atom. The lowest BCUT2D eigenvalue weighted by molar-refractivity contribution is 0.565. The van der Waals surface area contributed by atoms with Gasteiger partial charge in [-0.1, -0.05) is 25.4 Å². The maximum atomic E-state index is 6.27. The molecule has 0 unspecified atom stereocenters. The second-order valence-electron chi connectivity index (χ2n) is 6.43. The van der Waals surface area contributed by atoms with Gasteiger partial charge >= 0.3 is 0 Å². The van der Waals surface area contributed by atoms with Crippen LogP contribution >= 0.6 is 11.6 Å². The SMILES string of the molecule is CC(C)CN(c1cc(CNC2CC2)c(Cl)cn1)C(C)C. The largest absolute Gasteiger partial charge is 0.354 e. The smallest absolute Gasteiger partial charge is 0.129 e. The van der Waals surface area contributed by atoms with Gasteiger partial charge in [-0.25, -0.2) is 4.98 Å². The van der Waals surface area contributed by atoms with Crippen molar-refractivity contribution in [2.45, 2.75) is 59.2 Å². The van der Waals surface area contributed by atoms with Gasteiger partial charge in [0.15, 0.2) is 0 Å². The number of nitrogens with zero attached hydrogens (tertiary/aromatic N) is 2. The van der Waals surface area contributed by atoms with Gasteiger partial charge in [0.25, 0.3) is 0 Å². The molecular formula is C16H26ClN3. The van der Waals surface area contributed by atoms with Crippen LogP contribution in [0.25, 0.3) is 0 Å². The number of pyridine rings is 1. The molecule has 1 aliphatic rings. The number of halogens is 1. The highest BCUT2D eigenvalue weighted by molar-refractivity contribution is 6.31. The van der Waals surface area contributed by atoms with Gasteiger partial charge in [-0.2, -0.15) is 0 Å². The summed E-state index contributed by atoms with van der Waals surface area (Å²) in [5.41, 5.74) is 1.15. The van der Waals surface area contributed by atoms with E-state index in [0.29, 0.717) is 18.0 Å². The molecule has 1 heterocycles. The Kier molecular flexibility index (Phi) is 5.28. The maximum Gasteiger partial charge on any atom is 0.129 e. The minimum Gasteiger partial charge on any atom is -0.354 e. The van der Waals surface area contributed by atoms with Crippen molar-refractivity contribution < 1.29 is 0 Å². The summed E-state index contributed by atoms with van der Waals surface area (Å²) in [5, 5.41) is 4.28. The number of hydrogen-bond donors (Lipinski definition) is 1. The highest BCUT2D eigenvalue weighted by atomic mass is 35.5. The molecule has 0 radical (unpaired) electrons. The predicted molar refractivity (Wildman–Crippen MR) is 86.4 cm³/mol. The van der Waals surface area contributed by atoms with E-state index in [2.05, 4.69) is 49.0 Å². The van der Waals surface area contributed by atoms with E-state index in [1.54, 1.807) is 6.20 Å². The first-order valence-corrected chi connectivity index (χ1v) is 7.99. The number of nitrogens with one attached hydrogen (secondary N) is 1. The van der Waals surface area contributed by atoms with Crippen LogP contribution in [0.3, 0.4) is 0 Å². The molecule has 1 aromatic heterocycles. The summed E-state index contributed by atoms with van der Waals surface area (Å²) in [4.78, 5) is 6.87. The summed E-state index contributed by atoms with van der Waals surface area (Å²) in [6.45, 7) is 10.7. The molecule has 3 nitrogen and oxygen atoms in total. The van der Waals surface area contributed by atoms with Gasteiger partial charge in [-0.3, -0.25) is 0 Å². The van der Waals surface area contributed by atoms with E-state index in [1.165, 1.54) is 12.8 Å². The van der Waals surface area contributed by atoms with Crippen LogP contribution in [-0.2, 0) is 6.54 Å². The van der Waals surface area contributed by atoms with Crippen molar-refractivity contribution in [2.24, 2.45) is 5.92 Å². The summed E-state index contributed by atoms with van der Waals surface area (Å²) >= 11 is 6.27. The van der Waals surface area contributed by atoms with E-state index < -0.39 is 0 Å². The van der Waals surface area contributed by atoms with Crippen LogP contribution in [0.5, 0.6) is 0 Å². The monoisotopic (exact) mass is 295 g/mol. The summed E-state index contributed by atoms with van der Waals surface area (Å²) in [6.07, 6.45) is 4.37. The van der Waals surface area contributed by atoms with E-state index in [4.69, 9.17) is 11.6 Å². The summed E-state index contributed by atoms with van der Waals surface area (Å²) < 4.78 is 0. The van der Waals surface area contributed by atoms with Gasteiger partial charge < -0.3 is 10.2 Å². The lowest BCUT2D eigenvalue weighted by Gasteiger charge is -2.30. The van der Waals surface area contributed by atoms with Crippen LogP contribution in [0, 0.1) is 5.92 Å². The molecule has 0 saturated heterocycles. The normalized spacial score (nSPS) is 15.2. The van der Waals surface area contributed by atoms with Crippen LogP contribution in [0.15, 0.2) is 12.3 Å². The zero-order chi connectivity index (χ0) is 14.7. The number of aromatic nitrogens is 1. The Morgan fingerprint density at radius 1 is 1.35 bits per heavy atom. The van der Waals surface area contributed by atoms with Crippen molar-refractivity contribution in [1.82, 2.24) is 10.3 Å². The molecule has 0 spiro atoms. The highest BCUT2D eigenvalue weighted by Crippen LogP contribution is 2.25. The average molecular weight is 296 g/mol. The van der Waals surface area contributed by atoms with Gasteiger partial charge in [0.1, 0.15) is 5.82 Å². The van der Waals surface area contributed by atoms with Crippen molar-refractivity contribution >= 4 is 17.4 Å². The molecule has 1 N–H and O–H groups in total. The molecule has 0 bridgehead atoms. The highest BCUT2D eigenvalue weighted by Gasteiger charge is 2.21. The minimum atomic E-state index is 0.440. The summed E-state index contributed by atoms with van der Waals surface area (Å²) in [7, 11) is 0. The predicted octanol–water partition coefficient (Wildman–Crippen LogP) is 3.86. The topological polar surface area (TPSA) is 28.2 Å². The van der Waals surface area contributed by atoms with Crippen molar-refractivity contribution in [2.75, 3.05) is 11.4 Å². The molecule has 4 heteroatoms. The molecule has 20 heavy (non-hydrogen) atoms. The third kappa shape index (κ3) is 4.35. The molecule has 1 fully saturated rings. The molecule has 2 rings (SSSR count). The molecule has 0 aromatic carbocycles. The zero-order valence-corrected chi connectivity index (χ0v) is 13.7. The molecule has 0 amide bonds. The fraction of sp³-hybridized carbons (Fsp3) is 0.688. The summed E-state index contributed by atoms with van der Waals surface area (Å²) in [6, 6.07) is 3.27. The van der Waals surface area contributed by atoms with Crippen LogP contribution < -0.4 is 10.2 Å². The first-order valence-electron chi connectivity index (χ1n) is 7.61.